The van der Waals surface area contributed by atoms with Crippen LogP contribution in [0.5, 0.6) is 17.2 Å². The summed E-state index contributed by atoms with van der Waals surface area (Å²) in [6, 6.07) is 9.21. The standard InChI is InChI=1S/C19H18N4O4/c1-25-16-6-11(7-17-18(16)27-5-4-26-17)15-9-20-19(24)23(15)12-2-3-13-14(8-12)22-10-21-13/h2-3,6-8,10,15H,4-5,9H2,1H3,(H,20,24)(H,21,22). The van der Waals surface area contributed by atoms with E-state index in [-0.39, 0.29) is 12.1 Å². The number of benzene rings is 2. The molecule has 8 nitrogen and oxygen atoms in total. The zero-order valence-corrected chi connectivity index (χ0v) is 14.7. The Labute approximate surface area is 155 Å². The molecular formula is C19H18N4O4. The minimum atomic E-state index is -0.192. The van der Waals surface area contributed by atoms with Gasteiger partial charge in [0, 0.05) is 12.2 Å². The molecule has 0 bridgehead atoms. The molecule has 2 amide bonds. The third-order valence-electron chi connectivity index (χ3n) is 4.89. The summed E-state index contributed by atoms with van der Waals surface area (Å²) in [5.41, 5.74) is 3.45. The number of urea groups is 1. The number of aromatic nitrogens is 2. The summed E-state index contributed by atoms with van der Waals surface area (Å²) in [5.74, 6) is 1.85. The Hall–Kier alpha value is -3.42. The van der Waals surface area contributed by atoms with Crippen LogP contribution in [0.25, 0.3) is 11.0 Å². The Morgan fingerprint density at radius 3 is 3.00 bits per heavy atom. The lowest BCUT2D eigenvalue weighted by Crippen LogP contribution is -2.29. The highest BCUT2D eigenvalue weighted by Crippen LogP contribution is 2.43. The van der Waals surface area contributed by atoms with Gasteiger partial charge < -0.3 is 24.5 Å². The van der Waals surface area contributed by atoms with Crippen molar-refractivity contribution in [1.29, 1.82) is 0 Å². The average Bonchev–Trinajstić information content (AvgIpc) is 3.32. The van der Waals surface area contributed by atoms with E-state index in [1.165, 1.54) is 0 Å². The molecule has 2 N–H and O–H groups in total. The number of anilines is 1. The van der Waals surface area contributed by atoms with Crippen LogP contribution in [0.3, 0.4) is 0 Å². The van der Waals surface area contributed by atoms with E-state index < -0.39 is 0 Å². The molecular weight excluding hydrogens is 348 g/mol. The first-order chi connectivity index (χ1) is 13.2. The van der Waals surface area contributed by atoms with E-state index in [4.69, 9.17) is 14.2 Å². The minimum Gasteiger partial charge on any atom is -0.493 e. The van der Waals surface area contributed by atoms with Crippen LogP contribution >= 0.6 is 0 Å². The second-order valence-corrected chi connectivity index (χ2v) is 6.42. The number of carbonyl (C=O) groups is 1. The average molecular weight is 366 g/mol. The molecule has 8 heteroatoms. The lowest BCUT2D eigenvalue weighted by atomic mass is 10.0. The quantitative estimate of drug-likeness (QED) is 0.744. The molecule has 3 aromatic rings. The molecule has 1 atom stereocenters. The molecule has 2 aromatic carbocycles. The molecule has 27 heavy (non-hydrogen) atoms. The van der Waals surface area contributed by atoms with E-state index in [1.807, 2.05) is 30.3 Å². The fourth-order valence-corrected chi connectivity index (χ4v) is 3.63. The lowest BCUT2D eigenvalue weighted by molar-refractivity contribution is 0.165. The number of nitrogens with one attached hydrogen (secondary N) is 2. The van der Waals surface area contributed by atoms with E-state index in [9.17, 15) is 4.79 Å². The van der Waals surface area contributed by atoms with Gasteiger partial charge in [0.15, 0.2) is 11.5 Å². The maximum absolute atomic E-state index is 12.6. The number of carbonyl (C=O) groups excluding carboxylic acids is 1. The van der Waals surface area contributed by atoms with Crippen molar-refractivity contribution in [2.24, 2.45) is 0 Å². The van der Waals surface area contributed by atoms with Gasteiger partial charge in [-0.1, -0.05) is 0 Å². The summed E-state index contributed by atoms with van der Waals surface area (Å²) in [4.78, 5) is 21.6. The number of fused-ring (bicyclic) bond motifs is 2. The van der Waals surface area contributed by atoms with Crippen LogP contribution in [0.4, 0.5) is 10.5 Å². The summed E-state index contributed by atoms with van der Waals surface area (Å²) < 4.78 is 16.9. The highest BCUT2D eigenvalue weighted by atomic mass is 16.6. The van der Waals surface area contributed by atoms with Gasteiger partial charge in [0.1, 0.15) is 13.2 Å². The van der Waals surface area contributed by atoms with Crippen molar-refractivity contribution < 1.29 is 19.0 Å². The van der Waals surface area contributed by atoms with Gasteiger partial charge in [-0.25, -0.2) is 9.78 Å². The molecule has 1 fully saturated rings. The van der Waals surface area contributed by atoms with Gasteiger partial charge in [0.25, 0.3) is 0 Å². The van der Waals surface area contributed by atoms with Crippen molar-refractivity contribution in [3.63, 3.8) is 0 Å². The number of amides is 2. The van der Waals surface area contributed by atoms with Crippen molar-refractivity contribution in [2.75, 3.05) is 31.8 Å². The van der Waals surface area contributed by atoms with Crippen LogP contribution in [0.1, 0.15) is 11.6 Å². The van der Waals surface area contributed by atoms with Crippen molar-refractivity contribution in [3.05, 3.63) is 42.2 Å². The number of imidazole rings is 1. The normalized spacial score (nSPS) is 18.6. The monoisotopic (exact) mass is 366 g/mol. The third kappa shape index (κ3) is 2.52. The Morgan fingerprint density at radius 2 is 2.11 bits per heavy atom. The molecule has 0 saturated carbocycles. The van der Waals surface area contributed by atoms with Crippen molar-refractivity contribution >= 4 is 22.8 Å². The van der Waals surface area contributed by atoms with Gasteiger partial charge in [-0.05, 0) is 35.9 Å². The van der Waals surface area contributed by atoms with Crippen LogP contribution in [0.15, 0.2) is 36.7 Å². The molecule has 0 spiro atoms. The number of hydrogen-bond donors (Lipinski definition) is 2. The number of rotatable bonds is 3. The minimum absolute atomic E-state index is 0.146. The number of methoxy groups -OCH3 is 1. The molecule has 1 saturated heterocycles. The van der Waals surface area contributed by atoms with Gasteiger partial charge >= 0.3 is 6.03 Å². The van der Waals surface area contributed by atoms with Crippen LogP contribution in [0, 0.1) is 0 Å². The van der Waals surface area contributed by atoms with Crippen molar-refractivity contribution in [3.8, 4) is 17.2 Å². The molecule has 0 aliphatic carbocycles. The zero-order chi connectivity index (χ0) is 18.4. The first-order valence-electron chi connectivity index (χ1n) is 8.72. The number of hydrogen-bond acceptors (Lipinski definition) is 5. The number of aromatic amines is 1. The maximum atomic E-state index is 12.6. The van der Waals surface area contributed by atoms with E-state index in [0.717, 1.165) is 22.3 Å². The van der Waals surface area contributed by atoms with Crippen LogP contribution in [-0.4, -0.2) is 42.9 Å². The fraction of sp³-hybridized carbons (Fsp3) is 0.263. The van der Waals surface area contributed by atoms with Gasteiger partial charge in [0.2, 0.25) is 5.75 Å². The van der Waals surface area contributed by atoms with Crippen LogP contribution < -0.4 is 24.4 Å². The molecule has 0 radical (unpaired) electrons. The largest absolute Gasteiger partial charge is 0.493 e. The smallest absolute Gasteiger partial charge is 0.322 e. The highest BCUT2D eigenvalue weighted by Gasteiger charge is 2.35. The summed E-state index contributed by atoms with van der Waals surface area (Å²) >= 11 is 0. The molecule has 3 heterocycles. The number of H-pyrrole nitrogens is 1. The Morgan fingerprint density at radius 1 is 1.22 bits per heavy atom. The molecule has 5 rings (SSSR count). The lowest BCUT2D eigenvalue weighted by Gasteiger charge is -2.26. The maximum Gasteiger partial charge on any atom is 0.322 e. The fourth-order valence-electron chi connectivity index (χ4n) is 3.63. The van der Waals surface area contributed by atoms with Crippen LogP contribution in [-0.2, 0) is 0 Å². The van der Waals surface area contributed by atoms with E-state index in [1.54, 1.807) is 18.3 Å². The summed E-state index contributed by atoms with van der Waals surface area (Å²) in [6.07, 6.45) is 1.64. The molecule has 1 unspecified atom stereocenters. The predicted octanol–water partition coefficient (Wildman–Crippen LogP) is 2.61. The zero-order valence-electron chi connectivity index (χ0n) is 14.7. The Kier molecular flexibility index (Phi) is 3.56. The number of nitrogens with zero attached hydrogens (tertiary/aromatic N) is 2. The first kappa shape index (κ1) is 15.8. The van der Waals surface area contributed by atoms with Gasteiger partial charge in [-0.15, -0.1) is 0 Å². The van der Waals surface area contributed by atoms with Crippen molar-refractivity contribution in [2.45, 2.75) is 6.04 Å². The SMILES string of the molecule is COc1cc(C2CNC(=O)N2c2ccc3nc[nH]c3c2)cc2c1OCCO2. The van der Waals surface area contributed by atoms with E-state index >= 15 is 0 Å². The van der Waals surface area contributed by atoms with E-state index in [0.29, 0.717) is 37.0 Å². The summed E-state index contributed by atoms with van der Waals surface area (Å²) in [6.45, 7) is 1.47. The van der Waals surface area contributed by atoms with Crippen molar-refractivity contribution in [1.82, 2.24) is 15.3 Å². The van der Waals surface area contributed by atoms with E-state index in [2.05, 4.69) is 15.3 Å². The summed E-state index contributed by atoms with van der Waals surface area (Å²) in [7, 11) is 1.60. The van der Waals surface area contributed by atoms with Crippen LogP contribution in [0.2, 0.25) is 0 Å². The predicted molar refractivity (Wildman–Crippen MR) is 98.7 cm³/mol. The number of ether oxygens (including phenoxy) is 3. The van der Waals surface area contributed by atoms with Gasteiger partial charge in [0.05, 0.1) is 30.5 Å². The Balaban J connectivity index is 1.58. The topological polar surface area (TPSA) is 88.7 Å². The molecule has 2 aliphatic heterocycles. The second-order valence-electron chi connectivity index (χ2n) is 6.42. The molecule has 1 aromatic heterocycles. The molecule has 138 valence electrons. The second kappa shape index (κ2) is 6.08. The summed E-state index contributed by atoms with van der Waals surface area (Å²) in [5, 5.41) is 2.92. The van der Waals surface area contributed by atoms with Gasteiger partial charge in [-0.2, -0.15) is 0 Å². The third-order valence-corrected chi connectivity index (χ3v) is 4.89. The Bertz CT molecular complexity index is 1010. The van der Waals surface area contributed by atoms with Gasteiger partial charge in [-0.3, -0.25) is 4.90 Å². The first-order valence-corrected chi connectivity index (χ1v) is 8.72. The highest BCUT2D eigenvalue weighted by molar-refractivity contribution is 5.97. The molecule has 2 aliphatic rings.